The van der Waals surface area contributed by atoms with E-state index in [0.717, 1.165) is 5.56 Å². The molecule has 2 heterocycles. The third kappa shape index (κ3) is 4.04. The number of nitrogens with one attached hydrogen (secondary N) is 1. The van der Waals surface area contributed by atoms with Gasteiger partial charge in [-0.25, -0.2) is 4.79 Å². The first-order chi connectivity index (χ1) is 12.0. The highest BCUT2D eigenvalue weighted by molar-refractivity contribution is 5.95. The summed E-state index contributed by atoms with van der Waals surface area (Å²) in [6.45, 7) is 4.45. The van der Waals surface area contributed by atoms with E-state index in [1.165, 1.54) is 0 Å². The first kappa shape index (κ1) is 17.1. The molecule has 7 heteroatoms. The summed E-state index contributed by atoms with van der Waals surface area (Å²) in [5.74, 6) is 0.745. The summed E-state index contributed by atoms with van der Waals surface area (Å²) in [5.41, 5.74) is 1.37. The van der Waals surface area contributed by atoms with Crippen molar-refractivity contribution in [3.63, 3.8) is 0 Å². The smallest absolute Gasteiger partial charge is 0.339 e. The minimum Gasteiger partial charge on any atom is -0.448 e. The SMILES string of the molecule is CC(C)c1noc(CCCNC(=O)[C@H]2Cc3ccccc3C(=O)O2)n1. The second kappa shape index (κ2) is 7.46. The molecular formula is C18H21N3O4. The van der Waals surface area contributed by atoms with Crippen LogP contribution in [0.2, 0.25) is 0 Å². The van der Waals surface area contributed by atoms with Crippen LogP contribution in [-0.4, -0.2) is 34.7 Å². The molecule has 0 radical (unpaired) electrons. The number of esters is 1. The van der Waals surface area contributed by atoms with Crippen LogP contribution in [0.4, 0.5) is 0 Å². The number of amides is 1. The number of nitrogens with zero attached hydrogens (tertiary/aromatic N) is 2. The van der Waals surface area contributed by atoms with Crippen LogP contribution in [0, 0.1) is 0 Å². The van der Waals surface area contributed by atoms with Crippen LogP contribution < -0.4 is 5.32 Å². The molecule has 2 aromatic rings. The highest BCUT2D eigenvalue weighted by atomic mass is 16.5. The Kier molecular flexibility index (Phi) is 5.11. The van der Waals surface area contributed by atoms with Gasteiger partial charge in [-0.05, 0) is 18.1 Å². The molecule has 0 spiro atoms. The molecule has 1 amide bonds. The van der Waals surface area contributed by atoms with Gasteiger partial charge < -0.3 is 14.6 Å². The maximum atomic E-state index is 12.2. The van der Waals surface area contributed by atoms with Gasteiger partial charge in [-0.2, -0.15) is 4.98 Å². The van der Waals surface area contributed by atoms with Gasteiger partial charge in [0.2, 0.25) is 5.89 Å². The highest BCUT2D eigenvalue weighted by Crippen LogP contribution is 2.20. The molecule has 132 valence electrons. The number of benzene rings is 1. The van der Waals surface area contributed by atoms with Crippen LogP contribution in [-0.2, 0) is 22.4 Å². The number of aryl methyl sites for hydroxylation is 1. The maximum absolute atomic E-state index is 12.2. The number of hydrogen-bond donors (Lipinski definition) is 1. The number of carbonyl (C=O) groups is 2. The summed E-state index contributed by atoms with van der Waals surface area (Å²) in [6.07, 6.45) is 0.879. The average molecular weight is 343 g/mol. The quantitative estimate of drug-likeness (QED) is 0.637. The van der Waals surface area contributed by atoms with Crippen molar-refractivity contribution < 1.29 is 18.8 Å². The van der Waals surface area contributed by atoms with Gasteiger partial charge in [0.15, 0.2) is 11.9 Å². The number of ether oxygens (including phenoxy) is 1. The summed E-state index contributed by atoms with van der Waals surface area (Å²) in [5, 5.41) is 6.70. The first-order valence-electron chi connectivity index (χ1n) is 8.43. The molecule has 1 N–H and O–H groups in total. The third-order valence-corrected chi connectivity index (χ3v) is 4.05. The molecule has 1 aliphatic heterocycles. The van der Waals surface area contributed by atoms with Crippen molar-refractivity contribution in [3.05, 3.63) is 47.1 Å². The monoisotopic (exact) mass is 343 g/mol. The van der Waals surface area contributed by atoms with E-state index in [1.807, 2.05) is 26.0 Å². The van der Waals surface area contributed by atoms with Crippen LogP contribution in [0.1, 0.15) is 53.8 Å². The number of cyclic esters (lactones) is 1. The van der Waals surface area contributed by atoms with Crippen LogP contribution >= 0.6 is 0 Å². The molecule has 1 atom stereocenters. The Labute approximate surface area is 145 Å². The van der Waals surface area contributed by atoms with Gasteiger partial charge in [-0.15, -0.1) is 0 Å². The molecule has 0 fully saturated rings. The third-order valence-electron chi connectivity index (χ3n) is 4.05. The summed E-state index contributed by atoms with van der Waals surface area (Å²) in [6, 6.07) is 7.18. The lowest BCUT2D eigenvalue weighted by Crippen LogP contribution is -2.42. The molecule has 7 nitrogen and oxygen atoms in total. The van der Waals surface area contributed by atoms with Gasteiger partial charge in [-0.3, -0.25) is 4.79 Å². The van der Waals surface area contributed by atoms with E-state index in [-0.39, 0.29) is 11.8 Å². The minimum atomic E-state index is -0.779. The van der Waals surface area contributed by atoms with Crippen molar-refractivity contribution in [2.24, 2.45) is 0 Å². The predicted molar refractivity (Wildman–Crippen MR) is 89.1 cm³/mol. The highest BCUT2D eigenvalue weighted by Gasteiger charge is 2.30. The zero-order chi connectivity index (χ0) is 17.8. The van der Waals surface area contributed by atoms with Gasteiger partial charge >= 0.3 is 5.97 Å². The number of carbonyl (C=O) groups excluding carboxylic acids is 2. The van der Waals surface area contributed by atoms with Gasteiger partial charge in [0.05, 0.1) is 5.56 Å². The Morgan fingerprint density at radius 3 is 2.92 bits per heavy atom. The minimum absolute atomic E-state index is 0.223. The van der Waals surface area contributed by atoms with Crippen molar-refractivity contribution in [1.82, 2.24) is 15.5 Å². The molecule has 0 saturated carbocycles. The number of hydrogen-bond acceptors (Lipinski definition) is 6. The molecule has 3 rings (SSSR count). The fraction of sp³-hybridized carbons (Fsp3) is 0.444. The Morgan fingerprint density at radius 2 is 2.16 bits per heavy atom. The zero-order valence-corrected chi connectivity index (χ0v) is 14.3. The molecule has 25 heavy (non-hydrogen) atoms. The van der Waals surface area contributed by atoms with E-state index in [2.05, 4.69) is 15.5 Å². The Bertz CT molecular complexity index is 769. The summed E-state index contributed by atoms with van der Waals surface area (Å²) >= 11 is 0. The maximum Gasteiger partial charge on any atom is 0.339 e. The normalized spacial score (nSPS) is 16.4. The standard InChI is InChI=1S/C18H21N3O4/c1-11(2)16-20-15(25-21-16)8-5-9-19-17(22)14-10-12-6-3-4-7-13(12)18(23)24-14/h3-4,6-7,11,14H,5,8-10H2,1-2H3,(H,19,22)/t14-/m1/s1. The Balaban J connectivity index is 1.46. The lowest BCUT2D eigenvalue weighted by atomic mass is 9.98. The van der Waals surface area contributed by atoms with E-state index in [1.54, 1.807) is 12.1 Å². The second-order valence-electron chi connectivity index (χ2n) is 6.35. The number of fused-ring (bicyclic) bond motifs is 1. The van der Waals surface area contributed by atoms with Crippen molar-refractivity contribution in [2.75, 3.05) is 6.54 Å². The van der Waals surface area contributed by atoms with Crippen LogP contribution in [0.3, 0.4) is 0 Å². The van der Waals surface area contributed by atoms with Gasteiger partial charge in [0, 0.05) is 25.3 Å². The van der Waals surface area contributed by atoms with Crippen LogP contribution in [0.25, 0.3) is 0 Å². The average Bonchev–Trinajstić information content (AvgIpc) is 3.08. The van der Waals surface area contributed by atoms with E-state index in [0.29, 0.717) is 43.1 Å². The summed E-state index contributed by atoms with van der Waals surface area (Å²) in [4.78, 5) is 28.5. The van der Waals surface area contributed by atoms with Crippen molar-refractivity contribution in [1.29, 1.82) is 0 Å². The van der Waals surface area contributed by atoms with Gasteiger partial charge in [0.25, 0.3) is 5.91 Å². The Morgan fingerprint density at radius 1 is 1.36 bits per heavy atom. The summed E-state index contributed by atoms with van der Waals surface area (Å²) < 4.78 is 10.4. The fourth-order valence-corrected chi connectivity index (χ4v) is 2.65. The van der Waals surface area contributed by atoms with Crippen molar-refractivity contribution in [2.45, 2.75) is 45.1 Å². The van der Waals surface area contributed by atoms with E-state index < -0.39 is 12.1 Å². The molecule has 0 aliphatic carbocycles. The van der Waals surface area contributed by atoms with E-state index >= 15 is 0 Å². The lowest BCUT2D eigenvalue weighted by Gasteiger charge is -2.23. The molecule has 0 saturated heterocycles. The summed E-state index contributed by atoms with van der Waals surface area (Å²) in [7, 11) is 0. The lowest BCUT2D eigenvalue weighted by molar-refractivity contribution is -0.130. The fourth-order valence-electron chi connectivity index (χ4n) is 2.65. The van der Waals surface area contributed by atoms with Crippen LogP contribution in [0.15, 0.2) is 28.8 Å². The molecule has 1 aromatic carbocycles. The molecule has 0 bridgehead atoms. The molecule has 1 aliphatic rings. The van der Waals surface area contributed by atoms with Crippen molar-refractivity contribution >= 4 is 11.9 Å². The topological polar surface area (TPSA) is 94.3 Å². The Hall–Kier alpha value is -2.70. The van der Waals surface area contributed by atoms with Crippen LogP contribution in [0.5, 0.6) is 0 Å². The first-order valence-corrected chi connectivity index (χ1v) is 8.43. The predicted octanol–water partition coefficient (Wildman–Crippen LogP) is 2.02. The number of rotatable bonds is 6. The molecule has 1 aromatic heterocycles. The van der Waals surface area contributed by atoms with Gasteiger partial charge in [0.1, 0.15) is 0 Å². The van der Waals surface area contributed by atoms with Gasteiger partial charge in [-0.1, -0.05) is 37.2 Å². The number of aromatic nitrogens is 2. The largest absolute Gasteiger partial charge is 0.448 e. The molecule has 0 unspecified atom stereocenters. The zero-order valence-electron chi connectivity index (χ0n) is 14.3. The van der Waals surface area contributed by atoms with E-state index in [9.17, 15) is 9.59 Å². The van der Waals surface area contributed by atoms with E-state index in [4.69, 9.17) is 9.26 Å². The second-order valence-corrected chi connectivity index (χ2v) is 6.35. The molecular weight excluding hydrogens is 322 g/mol. The van der Waals surface area contributed by atoms with Crippen molar-refractivity contribution in [3.8, 4) is 0 Å².